The first-order valence-electron chi connectivity index (χ1n) is 9.09. The summed E-state index contributed by atoms with van der Waals surface area (Å²) in [6.45, 7) is 0.499. The molecule has 1 aliphatic carbocycles. The molecular formula is C20H17F2N5O. The molecule has 5 heterocycles. The van der Waals surface area contributed by atoms with Crippen molar-refractivity contribution < 1.29 is 13.5 Å². The van der Waals surface area contributed by atoms with Gasteiger partial charge in [0.1, 0.15) is 11.1 Å². The zero-order valence-corrected chi connectivity index (χ0v) is 15.1. The van der Waals surface area contributed by atoms with Crippen LogP contribution in [0.15, 0.2) is 36.8 Å². The summed E-state index contributed by atoms with van der Waals surface area (Å²) in [4.78, 5) is 4.46. The molecule has 2 saturated heterocycles. The van der Waals surface area contributed by atoms with Crippen LogP contribution in [0, 0.1) is 11.6 Å². The lowest BCUT2D eigenvalue weighted by Crippen LogP contribution is -2.53. The van der Waals surface area contributed by atoms with Crippen molar-refractivity contribution in [1.82, 2.24) is 19.2 Å². The Balaban J connectivity index is 1.48. The third kappa shape index (κ3) is 2.07. The van der Waals surface area contributed by atoms with Crippen molar-refractivity contribution in [3.05, 3.63) is 54.1 Å². The number of hydrogen-bond acceptors (Lipinski definition) is 4. The topological polar surface area (TPSA) is 70.4 Å². The third-order valence-corrected chi connectivity index (χ3v) is 5.89. The first-order chi connectivity index (χ1) is 13.3. The molecule has 2 bridgehead atoms. The zero-order valence-electron chi connectivity index (χ0n) is 15.1. The normalized spacial score (nSPS) is 26.3. The van der Waals surface area contributed by atoms with E-state index in [4.69, 9.17) is 10.5 Å². The number of rotatable bonds is 2. The second-order valence-corrected chi connectivity index (χ2v) is 8.13. The maximum atomic E-state index is 14.8. The minimum Gasteiger partial charge on any atom is -0.367 e. The fourth-order valence-electron chi connectivity index (χ4n) is 4.64. The smallest absolute Gasteiger partial charge is 0.173 e. The van der Waals surface area contributed by atoms with Crippen LogP contribution < -0.4 is 5.73 Å². The van der Waals surface area contributed by atoms with E-state index < -0.39 is 17.2 Å². The quantitative estimate of drug-likeness (QED) is 0.580. The largest absolute Gasteiger partial charge is 0.367 e. The molecule has 0 unspecified atom stereocenters. The highest BCUT2D eigenvalue weighted by Gasteiger charge is 2.62. The molecule has 7 rings (SSSR count). The maximum absolute atomic E-state index is 14.8. The Labute approximate surface area is 158 Å². The number of imidazole rings is 1. The number of hydrogen-bond donors (Lipinski definition) is 1. The van der Waals surface area contributed by atoms with Crippen molar-refractivity contribution in [3.63, 3.8) is 0 Å². The molecule has 8 heteroatoms. The fourth-order valence-corrected chi connectivity index (χ4v) is 4.64. The third-order valence-electron chi connectivity index (χ3n) is 5.89. The molecule has 142 valence electrons. The SMILES string of the molecule is Cn1cc2cc(-c3cc(F)c4nc(C56CC(N)(CO5)C6)cn4c3)cc(F)c2n1. The van der Waals surface area contributed by atoms with E-state index in [0.717, 1.165) is 0 Å². The average Bonchev–Trinajstić information content (AvgIpc) is 3.34. The van der Waals surface area contributed by atoms with Gasteiger partial charge >= 0.3 is 0 Å². The van der Waals surface area contributed by atoms with Crippen molar-refractivity contribution >= 4 is 16.6 Å². The van der Waals surface area contributed by atoms with E-state index in [1.807, 2.05) is 0 Å². The van der Waals surface area contributed by atoms with Crippen LogP contribution >= 0.6 is 0 Å². The van der Waals surface area contributed by atoms with E-state index in [9.17, 15) is 8.78 Å². The summed E-state index contributed by atoms with van der Waals surface area (Å²) in [5.41, 5.74) is 7.74. The predicted octanol–water partition coefficient (Wildman–Crippen LogP) is 2.88. The number of aryl methyl sites for hydroxylation is 1. The molecule has 0 spiro atoms. The first kappa shape index (κ1) is 16.1. The Hall–Kier alpha value is -2.84. The van der Waals surface area contributed by atoms with Gasteiger partial charge in [-0.25, -0.2) is 13.8 Å². The van der Waals surface area contributed by atoms with E-state index in [-0.39, 0.29) is 11.2 Å². The van der Waals surface area contributed by atoms with Gasteiger partial charge in [0.15, 0.2) is 17.3 Å². The summed E-state index contributed by atoms with van der Waals surface area (Å²) in [7, 11) is 1.73. The van der Waals surface area contributed by atoms with Gasteiger partial charge in [-0.1, -0.05) is 0 Å². The molecule has 3 aromatic heterocycles. The molecule has 1 aromatic carbocycles. The van der Waals surface area contributed by atoms with E-state index >= 15 is 0 Å². The van der Waals surface area contributed by atoms with Crippen molar-refractivity contribution in [2.75, 3.05) is 6.61 Å². The number of aromatic nitrogens is 4. The standard InChI is InChI=1S/C20H17F2N5O/c1-26-5-13-2-11(3-14(21)17(13)25-26)12-4-15(22)18-24-16(7-27(18)6-12)20-8-19(23,9-20)10-28-20/h2-7H,8-10,23H2,1H3. The first-order valence-corrected chi connectivity index (χ1v) is 9.09. The highest BCUT2D eigenvalue weighted by Crippen LogP contribution is 2.56. The monoisotopic (exact) mass is 381 g/mol. The summed E-state index contributed by atoms with van der Waals surface area (Å²) in [6.07, 6.45) is 6.67. The van der Waals surface area contributed by atoms with Gasteiger partial charge in [0.2, 0.25) is 0 Å². The van der Waals surface area contributed by atoms with Gasteiger partial charge in [0.05, 0.1) is 12.3 Å². The van der Waals surface area contributed by atoms with Crippen LogP contribution in [0.3, 0.4) is 0 Å². The van der Waals surface area contributed by atoms with E-state index in [1.165, 1.54) is 12.1 Å². The summed E-state index contributed by atoms with van der Waals surface area (Å²) >= 11 is 0. The van der Waals surface area contributed by atoms with E-state index in [0.29, 0.717) is 47.2 Å². The van der Waals surface area contributed by atoms with Crippen LogP contribution in [-0.4, -0.2) is 31.3 Å². The van der Waals surface area contributed by atoms with Gasteiger partial charge in [-0.3, -0.25) is 4.68 Å². The second kappa shape index (κ2) is 4.95. The molecule has 6 nitrogen and oxygen atoms in total. The van der Waals surface area contributed by atoms with Crippen LogP contribution in [-0.2, 0) is 17.4 Å². The molecule has 2 aliphatic heterocycles. The Bertz CT molecular complexity index is 1280. The molecule has 4 aromatic rings. The Morgan fingerprint density at radius 3 is 2.61 bits per heavy atom. The van der Waals surface area contributed by atoms with Crippen LogP contribution in [0.4, 0.5) is 8.78 Å². The van der Waals surface area contributed by atoms with Crippen molar-refractivity contribution in [1.29, 1.82) is 0 Å². The molecule has 0 amide bonds. The number of nitrogens with zero attached hydrogens (tertiary/aromatic N) is 4. The molecule has 2 N–H and O–H groups in total. The Morgan fingerprint density at radius 2 is 1.86 bits per heavy atom. The van der Waals surface area contributed by atoms with Gasteiger partial charge < -0.3 is 14.9 Å². The number of pyridine rings is 1. The number of nitrogens with two attached hydrogens (primary N) is 1. The number of fused-ring (bicyclic) bond motifs is 3. The lowest BCUT2D eigenvalue weighted by molar-refractivity contribution is -0.00989. The van der Waals surface area contributed by atoms with Crippen LogP contribution in [0.25, 0.3) is 27.7 Å². The predicted molar refractivity (Wildman–Crippen MR) is 98.6 cm³/mol. The summed E-state index contributed by atoms with van der Waals surface area (Å²) in [5, 5.41) is 4.77. The highest BCUT2D eigenvalue weighted by atomic mass is 19.1. The molecule has 3 fully saturated rings. The maximum Gasteiger partial charge on any atom is 0.173 e. The van der Waals surface area contributed by atoms with E-state index in [2.05, 4.69) is 10.1 Å². The molecule has 0 atom stereocenters. The Morgan fingerprint density at radius 1 is 1.07 bits per heavy atom. The number of ether oxygens (including phenoxy) is 1. The van der Waals surface area contributed by atoms with Crippen molar-refractivity contribution in [2.24, 2.45) is 12.8 Å². The highest BCUT2D eigenvalue weighted by molar-refractivity contribution is 5.84. The fraction of sp³-hybridized carbons (Fsp3) is 0.300. The van der Waals surface area contributed by atoms with Gasteiger partial charge in [-0.15, -0.1) is 0 Å². The van der Waals surface area contributed by atoms with E-state index in [1.54, 1.807) is 40.8 Å². The van der Waals surface area contributed by atoms with Gasteiger partial charge in [-0.2, -0.15) is 5.10 Å². The second-order valence-electron chi connectivity index (χ2n) is 8.13. The molecular weight excluding hydrogens is 364 g/mol. The molecule has 28 heavy (non-hydrogen) atoms. The lowest BCUT2D eigenvalue weighted by atomic mass is 9.68. The Kier molecular flexibility index (Phi) is 2.85. The summed E-state index contributed by atoms with van der Waals surface area (Å²) < 4.78 is 38.3. The van der Waals surface area contributed by atoms with Crippen LogP contribution in [0.1, 0.15) is 18.5 Å². The molecule has 3 aliphatic rings. The van der Waals surface area contributed by atoms with Crippen molar-refractivity contribution in [3.8, 4) is 11.1 Å². The van der Waals surface area contributed by atoms with Gasteiger partial charge in [0.25, 0.3) is 0 Å². The molecule has 1 saturated carbocycles. The van der Waals surface area contributed by atoms with Crippen molar-refractivity contribution in [2.45, 2.75) is 24.0 Å². The molecule has 0 radical (unpaired) electrons. The summed E-state index contributed by atoms with van der Waals surface area (Å²) in [5.74, 6) is -0.907. The lowest BCUT2D eigenvalue weighted by Gasteiger charge is -2.40. The number of benzene rings is 1. The van der Waals surface area contributed by atoms with Crippen LogP contribution in [0.5, 0.6) is 0 Å². The van der Waals surface area contributed by atoms with Gasteiger partial charge in [0, 0.05) is 55.0 Å². The van der Waals surface area contributed by atoms with Crippen LogP contribution in [0.2, 0.25) is 0 Å². The minimum atomic E-state index is -0.506. The number of halogens is 2. The minimum absolute atomic E-state index is 0.223. The average molecular weight is 381 g/mol. The zero-order chi connectivity index (χ0) is 19.3. The van der Waals surface area contributed by atoms with Gasteiger partial charge in [-0.05, 0) is 23.8 Å². The summed E-state index contributed by atoms with van der Waals surface area (Å²) in [6, 6.07) is 4.56.